The van der Waals surface area contributed by atoms with Gasteiger partial charge in [-0.15, -0.1) is 0 Å². The van der Waals surface area contributed by atoms with E-state index >= 15 is 0 Å². The molecule has 1 aliphatic heterocycles. The summed E-state index contributed by atoms with van der Waals surface area (Å²) in [6.07, 6.45) is 0.110. The van der Waals surface area contributed by atoms with Crippen LogP contribution in [0.25, 0.3) is 0 Å². The maximum atomic E-state index is 12.2. The van der Waals surface area contributed by atoms with Crippen molar-refractivity contribution in [1.82, 2.24) is 0 Å². The maximum absolute atomic E-state index is 12.2. The monoisotopic (exact) mass is 284 g/mol. The van der Waals surface area contributed by atoms with Gasteiger partial charge in [0.1, 0.15) is 17.6 Å². The molecule has 2 aromatic rings. The second-order valence-electron chi connectivity index (χ2n) is 4.85. The van der Waals surface area contributed by atoms with Crippen molar-refractivity contribution < 1.29 is 19.0 Å². The third-order valence-electron chi connectivity index (χ3n) is 3.41. The van der Waals surface area contributed by atoms with Gasteiger partial charge in [0.25, 0.3) is 0 Å². The Balaban J connectivity index is 1.87. The highest BCUT2D eigenvalue weighted by Crippen LogP contribution is 2.36. The molecule has 0 N–H and O–H groups in total. The molecule has 2 aromatic carbocycles. The number of methoxy groups -OCH3 is 1. The van der Waals surface area contributed by atoms with E-state index in [1.54, 1.807) is 25.3 Å². The van der Waals surface area contributed by atoms with E-state index < -0.39 is 0 Å². The molecule has 4 heteroatoms. The van der Waals surface area contributed by atoms with E-state index in [9.17, 15) is 4.79 Å². The van der Waals surface area contributed by atoms with Crippen LogP contribution in [0.4, 0.5) is 0 Å². The van der Waals surface area contributed by atoms with Crippen LogP contribution in [-0.2, 0) is 4.74 Å². The largest absolute Gasteiger partial charge is 0.484 e. The molecule has 0 amide bonds. The van der Waals surface area contributed by atoms with Crippen molar-refractivity contribution in [3.63, 3.8) is 0 Å². The van der Waals surface area contributed by atoms with Crippen LogP contribution in [0.2, 0.25) is 0 Å². The number of rotatable bonds is 4. The molecular formula is C17H16O4. The Morgan fingerprint density at radius 2 is 2.00 bits per heavy atom. The van der Waals surface area contributed by atoms with E-state index in [2.05, 4.69) is 0 Å². The first-order valence-electron chi connectivity index (χ1n) is 6.78. The summed E-state index contributed by atoms with van der Waals surface area (Å²) >= 11 is 0. The third kappa shape index (κ3) is 2.90. The number of fused-ring (bicyclic) bond motifs is 1. The quantitative estimate of drug-likeness (QED) is 0.807. The number of ether oxygens (including phenoxy) is 3. The van der Waals surface area contributed by atoms with Gasteiger partial charge in [0.05, 0.1) is 12.0 Å². The zero-order valence-corrected chi connectivity index (χ0v) is 11.7. The SMILES string of the molecule is COCOc1ccc2c(c1)OC(c1ccccc1)CC2=O. The van der Waals surface area contributed by atoms with E-state index in [0.717, 1.165) is 5.56 Å². The molecule has 1 heterocycles. The van der Waals surface area contributed by atoms with Gasteiger partial charge in [-0.2, -0.15) is 0 Å². The van der Waals surface area contributed by atoms with Crippen molar-refractivity contribution >= 4 is 5.78 Å². The van der Waals surface area contributed by atoms with E-state index in [4.69, 9.17) is 14.2 Å². The van der Waals surface area contributed by atoms with Gasteiger partial charge >= 0.3 is 0 Å². The van der Waals surface area contributed by atoms with Gasteiger partial charge in [-0.1, -0.05) is 30.3 Å². The topological polar surface area (TPSA) is 44.8 Å². The molecule has 1 unspecified atom stereocenters. The summed E-state index contributed by atoms with van der Waals surface area (Å²) < 4.78 is 16.2. The van der Waals surface area contributed by atoms with Crippen LogP contribution >= 0.6 is 0 Å². The van der Waals surface area contributed by atoms with Crippen molar-refractivity contribution in [2.45, 2.75) is 12.5 Å². The van der Waals surface area contributed by atoms with Crippen molar-refractivity contribution in [2.75, 3.05) is 13.9 Å². The van der Waals surface area contributed by atoms with E-state index in [1.165, 1.54) is 0 Å². The molecule has 3 rings (SSSR count). The predicted octanol–water partition coefficient (Wildman–Crippen LogP) is 3.38. The number of carbonyl (C=O) groups is 1. The number of benzene rings is 2. The average Bonchev–Trinajstić information content (AvgIpc) is 2.53. The lowest BCUT2D eigenvalue weighted by molar-refractivity contribution is 0.0506. The van der Waals surface area contributed by atoms with Crippen LogP contribution in [-0.4, -0.2) is 19.7 Å². The first-order valence-corrected chi connectivity index (χ1v) is 6.78. The fourth-order valence-electron chi connectivity index (χ4n) is 2.37. The summed E-state index contributed by atoms with van der Waals surface area (Å²) in [7, 11) is 1.56. The summed E-state index contributed by atoms with van der Waals surface area (Å²) in [6, 6.07) is 15.0. The molecule has 0 saturated heterocycles. The second-order valence-corrected chi connectivity index (χ2v) is 4.85. The molecule has 0 aromatic heterocycles. The molecule has 0 saturated carbocycles. The first-order chi connectivity index (χ1) is 10.3. The van der Waals surface area contributed by atoms with Gasteiger partial charge in [-0.25, -0.2) is 0 Å². The van der Waals surface area contributed by atoms with Crippen LogP contribution < -0.4 is 9.47 Å². The standard InChI is InChI=1S/C17H16O4/c1-19-11-20-13-7-8-14-15(18)10-16(21-17(14)9-13)12-5-3-2-4-6-12/h2-9,16H,10-11H2,1H3. The Bertz CT molecular complexity index is 636. The Hall–Kier alpha value is -2.33. The summed E-state index contributed by atoms with van der Waals surface area (Å²) in [5, 5.41) is 0. The number of hydrogen-bond acceptors (Lipinski definition) is 4. The van der Waals surface area contributed by atoms with Crippen LogP contribution in [0.5, 0.6) is 11.5 Å². The summed E-state index contributed by atoms with van der Waals surface area (Å²) in [4.78, 5) is 12.2. The first kappa shape index (κ1) is 13.6. The second kappa shape index (κ2) is 5.97. The van der Waals surface area contributed by atoms with Crippen molar-refractivity contribution in [3.05, 3.63) is 59.7 Å². The lowest BCUT2D eigenvalue weighted by Gasteiger charge is -2.25. The summed E-state index contributed by atoms with van der Waals surface area (Å²) in [5.74, 6) is 1.27. The molecule has 1 aliphatic rings. The fourth-order valence-corrected chi connectivity index (χ4v) is 2.37. The van der Waals surface area contributed by atoms with Crippen LogP contribution in [0.15, 0.2) is 48.5 Å². The minimum atomic E-state index is -0.246. The average molecular weight is 284 g/mol. The van der Waals surface area contributed by atoms with Gasteiger partial charge in [0, 0.05) is 13.2 Å². The van der Waals surface area contributed by atoms with Crippen molar-refractivity contribution in [3.8, 4) is 11.5 Å². The van der Waals surface area contributed by atoms with Gasteiger partial charge in [0.15, 0.2) is 12.6 Å². The molecule has 0 fully saturated rings. The zero-order chi connectivity index (χ0) is 14.7. The number of carbonyl (C=O) groups excluding carboxylic acids is 1. The molecule has 0 spiro atoms. The lowest BCUT2D eigenvalue weighted by Crippen LogP contribution is -2.20. The summed E-state index contributed by atoms with van der Waals surface area (Å²) in [5.41, 5.74) is 1.60. The fraction of sp³-hybridized carbons (Fsp3) is 0.235. The highest BCUT2D eigenvalue weighted by atomic mass is 16.7. The molecule has 0 radical (unpaired) electrons. The smallest absolute Gasteiger partial charge is 0.188 e. The molecule has 0 bridgehead atoms. The predicted molar refractivity (Wildman–Crippen MR) is 77.7 cm³/mol. The van der Waals surface area contributed by atoms with Crippen molar-refractivity contribution in [2.24, 2.45) is 0 Å². The van der Waals surface area contributed by atoms with Crippen LogP contribution in [0.3, 0.4) is 0 Å². The minimum Gasteiger partial charge on any atom is -0.484 e. The molecule has 0 aliphatic carbocycles. The lowest BCUT2D eigenvalue weighted by atomic mass is 9.96. The van der Waals surface area contributed by atoms with Crippen LogP contribution in [0.1, 0.15) is 28.4 Å². The van der Waals surface area contributed by atoms with E-state index in [0.29, 0.717) is 23.5 Å². The Morgan fingerprint density at radius 1 is 1.19 bits per heavy atom. The summed E-state index contributed by atoms with van der Waals surface area (Å²) in [6.45, 7) is 0.162. The molecule has 21 heavy (non-hydrogen) atoms. The van der Waals surface area contributed by atoms with Crippen LogP contribution in [0, 0.1) is 0 Å². The van der Waals surface area contributed by atoms with Gasteiger partial charge in [0.2, 0.25) is 0 Å². The van der Waals surface area contributed by atoms with Gasteiger partial charge in [-0.3, -0.25) is 4.79 Å². The Morgan fingerprint density at radius 3 is 2.76 bits per heavy atom. The molecular weight excluding hydrogens is 268 g/mol. The molecule has 108 valence electrons. The number of ketones is 1. The van der Waals surface area contributed by atoms with Crippen molar-refractivity contribution in [1.29, 1.82) is 0 Å². The molecule has 4 nitrogen and oxygen atoms in total. The number of hydrogen-bond donors (Lipinski definition) is 0. The normalized spacial score (nSPS) is 17.0. The Kier molecular flexibility index (Phi) is 3.88. The molecule has 1 atom stereocenters. The van der Waals surface area contributed by atoms with Gasteiger partial charge in [-0.05, 0) is 17.7 Å². The highest BCUT2D eigenvalue weighted by Gasteiger charge is 2.27. The highest BCUT2D eigenvalue weighted by molar-refractivity contribution is 6.00. The third-order valence-corrected chi connectivity index (χ3v) is 3.41. The Labute approximate surface area is 123 Å². The zero-order valence-electron chi connectivity index (χ0n) is 11.7. The van der Waals surface area contributed by atoms with E-state index in [1.807, 2.05) is 30.3 Å². The minimum absolute atomic E-state index is 0.0865. The maximum Gasteiger partial charge on any atom is 0.188 e. The number of Topliss-reactive ketones (excluding diaryl/α,β-unsaturated/α-hetero) is 1. The van der Waals surface area contributed by atoms with Gasteiger partial charge < -0.3 is 14.2 Å². The van der Waals surface area contributed by atoms with E-state index in [-0.39, 0.29) is 18.7 Å².